The summed E-state index contributed by atoms with van der Waals surface area (Å²) in [5.41, 5.74) is 1.38. The molecule has 0 radical (unpaired) electrons. The first-order valence-corrected chi connectivity index (χ1v) is 8.02. The Balaban J connectivity index is 2.26. The Morgan fingerprint density at radius 3 is 2.21 bits per heavy atom. The van der Waals surface area contributed by atoms with Gasteiger partial charge < -0.3 is 10.2 Å². The van der Waals surface area contributed by atoms with E-state index in [1.54, 1.807) is 12.1 Å². The third-order valence-electron chi connectivity index (χ3n) is 3.98. The lowest BCUT2D eigenvalue weighted by Crippen LogP contribution is -2.21. The van der Waals surface area contributed by atoms with Crippen LogP contribution in [0.4, 0.5) is 0 Å². The van der Waals surface area contributed by atoms with Crippen molar-refractivity contribution < 1.29 is 10.2 Å². The molecular formula is C19H19N2O3-. The fourth-order valence-electron chi connectivity index (χ4n) is 2.74. The van der Waals surface area contributed by atoms with E-state index in [-0.39, 0.29) is 17.2 Å². The van der Waals surface area contributed by atoms with E-state index in [2.05, 4.69) is 0 Å². The lowest BCUT2D eigenvalue weighted by molar-refractivity contribution is -0.268. The number of nitrogens with zero attached hydrogens (tertiary/aromatic N) is 2. The molecular weight excluding hydrogens is 304 g/mol. The minimum absolute atomic E-state index is 0.0732. The largest absolute Gasteiger partial charge is 0.872 e. The van der Waals surface area contributed by atoms with E-state index in [0.717, 1.165) is 12.8 Å². The summed E-state index contributed by atoms with van der Waals surface area (Å²) in [7, 11) is 0. The quantitative estimate of drug-likeness (QED) is 0.785. The molecule has 0 aliphatic rings. The van der Waals surface area contributed by atoms with Crippen molar-refractivity contribution in [3.05, 3.63) is 70.5 Å². The molecule has 0 saturated heterocycles. The van der Waals surface area contributed by atoms with Crippen molar-refractivity contribution in [3.8, 4) is 23.0 Å². The van der Waals surface area contributed by atoms with E-state index in [1.165, 1.54) is 21.5 Å². The Hall–Kier alpha value is -2.95. The fourth-order valence-corrected chi connectivity index (χ4v) is 2.74. The second-order valence-corrected chi connectivity index (χ2v) is 5.66. The first-order valence-electron chi connectivity index (χ1n) is 8.02. The molecule has 0 aliphatic carbocycles. The van der Waals surface area contributed by atoms with Crippen LogP contribution in [-0.2, 0) is 6.42 Å². The highest BCUT2D eigenvalue weighted by molar-refractivity contribution is 5.44. The maximum Gasteiger partial charge on any atom is 0.278 e. The number of hydrogen-bond acceptors (Lipinski definition) is 3. The van der Waals surface area contributed by atoms with Gasteiger partial charge in [-0.3, -0.25) is 4.79 Å². The van der Waals surface area contributed by atoms with Gasteiger partial charge in [-0.25, -0.2) is 9.36 Å². The minimum Gasteiger partial charge on any atom is -0.872 e. The summed E-state index contributed by atoms with van der Waals surface area (Å²) in [4.78, 5) is 12.9. The second kappa shape index (κ2) is 6.66. The van der Waals surface area contributed by atoms with Gasteiger partial charge in [-0.05, 0) is 37.1 Å². The van der Waals surface area contributed by atoms with Crippen LogP contribution in [0, 0.1) is 0 Å². The van der Waals surface area contributed by atoms with Crippen molar-refractivity contribution in [2.24, 2.45) is 0 Å². The van der Waals surface area contributed by atoms with Crippen molar-refractivity contribution >= 4 is 0 Å². The summed E-state index contributed by atoms with van der Waals surface area (Å²) in [6.45, 7) is 2.04. The first kappa shape index (κ1) is 15.9. The molecule has 2 aromatic carbocycles. The van der Waals surface area contributed by atoms with Crippen LogP contribution < -0.4 is 10.7 Å². The molecule has 24 heavy (non-hydrogen) atoms. The van der Waals surface area contributed by atoms with Gasteiger partial charge in [0.15, 0.2) is 0 Å². The summed E-state index contributed by atoms with van der Waals surface area (Å²) in [6, 6.07) is 15.2. The summed E-state index contributed by atoms with van der Waals surface area (Å²) >= 11 is 0. The van der Waals surface area contributed by atoms with Crippen molar-refractivity contribution in [1.82, 2.24) is 9.36 Å². The molecule has 0 bridgehead atoms. The fraction of sp³-hybridized carbons (Fsp3) is 0.211. The van der Waals surface area contributed by atoms with Crippen LogP contribution in [-0.4, -0.2) is 14.5 Å². The van der Waals surface area contributed by atoms with Crippen LogP contribution in [0.2, 0.25) is 0 Å². The highest BCUT2D eigenvalue weighted by atomic mass is 16.3. The highest BCUT2D eigenvalue weighted by Gasteiger charge is 2.21. The molecule has 0 saturated carbocycles. The number of benzene rings is 2. The van der Waals surface area contributed by atoms with Crippen LogP contribution in [0.3, 0.4) is 0 Å². The number of unbranched alkanes of at least 4 members (excludes halogenated alkanes) is 1. The van der Waals surface area contributed by atoms with E-state index in [0.29, 0.717) is 23.4 Å². The van der Waals surface area contributed by atoms with Crippen LogP contribution in [0.5, 0.6) is 11.6 Å². The van der Waals surface area contributed by atoms with E-state index in [1.807, 2.05) is 37.3 Å². The smallest absolute Gasteiger partial charge is 0.278 e. The lowest BCUT2D eigenvalue weighted by Gasteiger charge is -2.14. The normalized spacial score (nSPS) is 10.9. The van der Waals surface area contributed by atoms with Gasteiger partial charge in [0.2, 0.25) is 5.88 Å². The molecule has 0 amide bonds. The third-order valence-corrected chi connectivity index (χ3v) is 3.98. The molecule has 124 valence electrons. The first-order chi connectivity index (χ1) is 11.6. The maximum atomic E-state index is 12.9. The Labute approximate surface area is 140 Å². The number of rotatable bonds is 5. The van der Waals surface area contributed by atoms with Gasteiger partial charge in [0, 0.05) is 0 Å². The van der Waals surface area contributed by atoms with Crippen molar-refractivity contribution in [3.63, 3.8) is 0 Å². The maximum absolute atomic E-state index is 12.9. The molecule has 5 nitrogen and oxygen atoms in total. The number of aromatic hydroxyl groups is 1. The average Bonchev–Trinajstić information content (AvgIpc) is 2.85. The SMILES string of the molecule is CCCCc1c(O)n(-c2ccc([O-])cc2)n(-c2ccccc2)c1=O. The minimum atomic E-state index is -0.238. The second-order valence-electron chi connectivity index (χ2n) is 5.66. The molecule has 1 aromatic heterocycles. The predicted octanol–water partition coefficient (Wildman–Crippen LogP) is 2.75. The summed E-state index contributed by atoms with van der Waals surface area (Å²) in [5, 5.41) is 22.0. The van der Waals surface area contributed by atoms with Crippen molar-refractivity contribution in [1.29, 1.82) is 0 Å². The summed E-state index contributed by atoms with van der Waals surface area (Å²) in [5.74, 6) is -0.193. The van der Waals surface area contributed by atoms with Crippen LogP contribution in [0.15, 0.2) is 59.4 Å². The molecule has 1 heterocycles. The van der Waals surface area contributed by atoms with Gasteiger partial charge in [0.1, 0.15) is 0 Å². The molecule has 0 aliphatic heterocycles. The van der Waals surface area contributed by atoms with Gasteiger partial charge in [0.05, 0.1) is 16.9 Å². The van der Waals surface area contributed by atoms with Gasteiger partial charge in [-0.2, -0.15) is 0 Å². The number of para-hydroxylation sites is 1. The monoisotopic (exact) mass is 323 g/mol. The van der Waals surface area contributed by atoms with Crippen LogP contribution in [0.25, 0.3) is 11.4 Å². The Bertz CT molecular complexity index is 877. The van der Waals surface area contributed by atoms with E-state index in [4.69, 9.17) is 0 Å². The molecule has 1 N–H and O–H groups in total. The number of hydrogen-bond donors (Lipinski definition) is 1. The lowest BCUT2D eigenvalue weighted by atomic mass is 10.1. The molecule has 0 atom stereocenters. The Kier molecular flexibility index (Phi) is 4.42. The molecule has 0 unspecified atom stereocenters. The number of aromatic nitrogens is 2. The molecule has 0 fully saturated rings. The standard InChI is InChI=1S/C19H20N2O3/c1-2-3-9-17-18(23)20(14-7-5-4-6-8-14)21(19(17)24)15-10-12-16(22)13-11-15/h4-8,10-13,22,24H,2-3,9H2,1H3/p-1. The molecule has 5 heteroatoms. The Morgan fingerprint density at radius 1 is 0.958 bits per heavy atom. The summed E-state index contributed by atoms with van der Waals surface area (Å²) < 4.78 is 2.90. The summed E-state index contributed by atoms with van der Waals surface area (Å²) in [6.07, 6.45) is 2.27. The van der Waals surface area contributed by atoms with E-state index >= 15 is 0 Å². The van der Waals surface area contributed by atoms with Crippen LogP contribution >= 0.6 is 0 Å². The average molecular weight is 323 g/mol. The highest BCUT2D eigenvalue weighted by Crippen LogP contribution is 2.25. The van der Waals surface area contributed by atoms with E-state index < -0.39 is 0 Å². The van der Waals surface area contributed by atoms with Crippen molar-refractivity contribution in [2.45, 2.75) is 26.2 Å². The topological polar surface area (TPSA) is 70.2 Å². The van der Waals surface area contributed by atoms with Gasteiger partial charge in [-0.15, -0.1) is 5.75 Å². The van der Waals surface area contributed by atoms with Crippen molar-refractivity contribution in [2.75, 3.05) is 0 Å². The zero-order valence-electron chi connectivity index (χ0n) is 13.5. The Morgan fingerprint density at radius 2 is 1.58 bits per heavy atom. The van der Waals surface area contributed by atoms with Gasteiger partial charge in [-0.1, -0.05) is 43.7 Å². The zero-order chi connectivity index (χ0) is 17.1. The molecule has 3 rings (SSSR count). The van der Waals surface area contributed by atoms with Crippen LogP contribution in [0.1, 0.15) is 25.3 Å². The molecule has 0 spiro atoms. The zero-order valence-corrected chi connectivity index (χ0v) is 13.5. The van der Waals surface area contributed by atoms with E-state index in [9.17, 15) is 15.0 Å². The molecule has 3 aromatic rings. The predicted molar refractivity (Wildman–Crippen MR) is 91.1 cm³/mol. The van der Waals surface area contributed by atoms with Gasteiger partial charge >= 0.3 is 0 Å². The van der Waals surface area contributed by atoms with Gasteiger partial charge in [0.25, 0.3) is 5.56 Å². The third kappa shape index (κ3) is 2.80.